The molecule has 0 aliphatic carbocycles. The Labute approximate surface area is 113 Å². The second kappa shape index (κ2) is 4.65. The number of nitrogens with two attached hydrogens (primary N) is 1. The average molecular weight is 264 g/mol. The summed E-state index contributed by atoms with van der Waals surface area (Å²) in [5.41, 5.74) is 10.5. The summed E-state index contributed by atoms with van der Waals surface area (Å²) in [6.07, 6.45) is 0. The van der Waals surface area contributed by atoms with Crippen molar-refractivity contribution in [3.05, 3.63) is 45.6 Å². The maximum atomic E-state index is 6.09. The number of hydrogen-bond acceptors (Lipinski definition) is 2. The van der Waals surface area contributed by atoms with Gasteiger partial charge in [-0.05, 0) is 38.8 Å². The van der Waals surface area contributed by atoms with E-state index in [-0.39, 0.29) is 6.04 Å². The Kier molecular flexibility index (Phi) is 3.35. The second-order valence-electron chi connectivity index (χ2n) is 4.77. The van der Waals surface area contributed by atoms with Gasteiger partial charge in [0.05, 0.1) is 11.7 Å². The number of benzene rings is 1. The average Bonchev–Trinajstić information content (AvgIpc) is 2.56. The van der Waals surface area contributed by atoms with Gasteiger partial charge in [-0.2, -0.15) is 5.10 Å². The van der Waals surface area contributed by atoms with Gasteiger partial charge in [-0.1, -0.05) is 35.4 Å². The van der Waals surface area contributed by atoms with E-state index >= 15 is 0 Å². The van der Waals surface area contributed by atoms with Gasteiger partial charge in [0, 0.05) is 0 Å². The lowest BCUT2D eigenvalue weighted by Gasteiger charge is -2.17. The third-order valence-corrected chi connectivity index (χ3v) is 3.76. The molecule has 4 heteroatoms. The van der Waals surface area contributed by atoms with Crippen LogP contribution < -0.4 is 5.73 Å². The zero-order valence-electron chi connectivity index (χ0n) is 11.2. The highest BCUT2D eigenvalue weighted by Crippen LogP contribution is 2.29. The van der Waals surface area contributed by atoms with Gasteiger partial charge >= 0.3 is 0 Å². The quantitative estimate of drug-likeness (QED) is 0.899. The van der Waals surface area contributed by atoms with Gasteiger partial charge < -0.3 is 5.73 Å². The molecular formula is C14H18ClN3. The Morgan fingerprint density at radius 1 is 1.28 bits per heavy atom. The zero-order valence-corrected chi connectivity index (χ0v) is 11.9. The highest BCUT2D eigenvalue weighted by Gasteiger charge is 2.17. The molecule has 1 aromatic carbocycles. The fourth-order valence-electron chi connectivity index (χ4n) is 2.27. The normalized spacial score (nSPS) is 12.7. The smallest absolute Gasteiger partial charge is 0.141 e. The van der Waals surface area contributed by atoms with Crippen molar-refractivity contribution in [1.29, 1.82) is 0 Å². The number of aryl methyl sites for hydroxylation is 3. The number of rotatable bonds is 2. The Balaban J connectivity index is 2.47. The summed E-state index contributed by atoms with van der Waals surface area (Å²) in [7, 11) is 0. The second-order valence-corrected chi connectivity index (χ2v) is 5.14. The van der Waals surface area contributed by atoms with Gasteiger partial charge in [-0.15, -0.1) is 0 Å². The van der Waals surface area contributed by atoms with Crippen molar-refractivity contribution in [1.82, 2.24) is 9.78 Å². The number of halogens is 1. The molecule has 0 bridgehead atoms. The monoisotopic (exact) mass is 263 g/mol. The van der Waals surface area contributed by atoms with Crippen molar-refractivity contribution >= 4 is 17.4 Å². The summed E-state index contributed by atoms with van der Waals surface area (Å²) >= 11 is 6.09. The molecular weight excluding hydrogens is 246 g/mol. The maximum Gasteiger partial charge on any atom is 0.141 e. The molecule has 2 rings (SSSR count). The van der Waals surface area contributed by atoms with Crippen molar-refractivity contribution in [2.24, 2.45) is 0 Å². The predicted octanol–water partition coefficient (Wildman–Crippen LogP) is 3.65. The minimum absolute atomic E-state index is 0.0804. The Bertz CT molecular complexity index is 587. The molecule has 18 heavy (non-hydrogen) atoms. The van der Waals surface area contributed by atoms with Crippen molar-refractivity contribution in [3.8, 4) is 0 Å². The van der Waals surface area contributed by atoms with Crippen LogP contribution in [0.15, 0.2) is 18.2 Å². The van der Waals surface area contributed by atoms with Crippen molar-refractivity contribution in [3.63, 3.8) is 0 Å². The molecule has 0 saturated heterocycles. The number of aromatic nitrogens is 2. The molecule has 1 aromatic heterocycles. The van der Waals surface area contributed by atoms with E-state index in [2.05, 4.69) is 44.1 Å². The van der Waals surface area contributed by atoms with Crippen molar-refractivity contribution in [2.75, 3.05) is 5.73 Å². The van der Waals surface area contributed by atoms with E-state index in [9.17, 15) is 0 Å². The van der Waals surface area contributed by atoms with Crippen LogP contribution in [0, 0.1) is 20.8 Å². The number of nitrogen functional groups attached to an aromatic ring is 1. The number of anilines is 1. The summed E-state index contributed by atoms with van der Waals surface area (Å²) < 4.78 is 1.79. The van der Waals surface area contributed by atoms with E-state index in [1.807, 2.05) is 6.92 Å². The van der Waals surface area contributed by atoms with Crippen LogP contribution in [0.25, 0.3) is 0 Å². The van der Waals surface area contributed by atoms with Crippen molar-refractivity contribution in [2.45, 2.75) is 33.7 Å². The van der Waals surface area contributed by atoms with Gasteiger partial charge in [-0.25, -0.2) is 4.68 Å². The standard InChI is InChI=1S/C14H18ClN3/c1-8-5-6-12(9(2)7-8)11(4)18-14(16)13(15)10(3)17-18/h5-7,11H,16H2,1-4H3. The molecule has 2 N–H and O–H groups in total. The molecule has 0 radical (unpaired) electrons. The molecule has 1 unspecified atom stereocenters. The van der Waals surface area contributed by atoms with Gasteiger partial charge in [0.2, 0.25) is 0 Å². The highest BCUT2D eigenvalue weighted by atomic mass is 35.5. The van der Waals surface area contributed by atoms with E-state index in [1.54, 1.807) is 4.68 Å². The van der Waals surface area contributed by atoms with Gasteiger partial charge in [0.15, 0.2) is 0 Å². The first-order valence-electron chi connectivity index (χ1n) is 5.99. The molecule has 0 amide bonds. The Hall–Kier alpha value is -1.48. The first kappa shape index (κ1) is 13.0. The minimum atomic E-state index is 0.0804. The van der Waals surface area contributed by atoms with E-state index in [1.165, 1.54) is 16.7 Å². The molecule has 2 aromatic rings. The van der Waals surface area contributed by atoms with Crippen LogP contribution in [0.1, 0.15) is 35.3 Å². The molecule has 0 aliphatic rings. The Morgan fingerprint density at radius 2 is 1.94 bits per heavy atom. The SMILES string of the molecule is Cc1ccc(C(C)n2nc(C)c(Cl)c2N)c(C)c1. The van der Waals surface area contributed by atoms with E-state index in [4.69, 9.17) is 17.3 Å². The van der Waals surface area contributed by atoms with E-state index in [0.717, 1.165) is 5.69 Å². The summed E-state index contributed by atoms with van der Waals surface area (Å²) in [6, 6.07) is 6.48. The largest absolute Gasteiger partial charge is 0.383 e. The van der Waals surface area contributed by atoms with Gasteiger partial charge in [0.1, 0.15) is 10.8 Å². The van der Waals surface area contributed by atoms with E-state index in [0.29, 0.717) is 10.8 Å². The van der Waals surface area contributed by atoms with Crippen LogP contribution in [0.3, 0.4) is 0 Å². The summed E-state index contributed by atoms with van der Waals surface area (Å²) in [5, 5.41) is 4.96. The topological polar surface area (TPSA) is 43.8 Å². The molecule has 3 nitrogen and oxygen atoms in total. The minimum Gasteiger partial charge on any atom is -0.383 e. The summed E-state index contributed by atoms with van der Waals surface area (Å²) in [4.78, 5) is 0. The maximum absolute atomic E-state index is 6.09. The molecule has 1 atom stereocenters. The number of hydrogen-bond donors (Lipinski definition) is 1. The fourth-order valence-corrected chi connectivity index (χ4v) is 2.39. The summed E-state index contributed by atoms with van der Waals surface area (Å²) in [6.45, 7) is 8.14. The van der Waals surface area contributed by atoms with Crippen LogP contribution >= 0.6 is 11.6 Å². The van der Waals surface area contributed by atoms with Gasteiger partial charge in [-0.3, -0.25) is 0 Å². The lowest BCUT2D eigenvalue weighted by molar-refractivity contribution is 0.566. The predicted molar refractivity (Wildman–Crippen MR) is 76.1 cm³/mol. The Morgan fingerprint density at radius 3 is 2.44 bits per heavy atom. The first-order valence-corrected chi connectivity index (χ1v) is 6.37. The molecule has 96 valence electrons. The third-order valence-electron chi connectivity index (χ3n) is 3.29. The van der Waals surface area contributed by atoms with Gasteiger partial charge in [0.25, 0.3) is 0 Å². The molecule has 0 aliphatic heterocycles. The third kappa shape index (κ3) is 2.10. The zero-order chi connectivity index (χ0) is 13.4. The lowest BCUT2D eigenvalue weighted by atomic mass is 10.0. The molecule has 0 saturated carbocycles. The molecule has 0 spiro atoms. The van der Waals surface area contributed by atoms with Crippen LogP contribution in [-0.4, -0.2) is 9.78 Å². The van der Waals surface area contributed by atoms with Crippen LogP contribution in [0.4, 0.5) is 5.82 Å². The van der Waals surface area contributed by atoms with Crippen LogP contribution in [-0.2, 0) is 0 Å². The number of nitrogens with zero attached hydrogens (tertiary/aromatic N) is 2. The van der Waals surface area contributed by atoms with E-state index < -0.39 is 0 Å². The molecule has 1 heterocycles. The molecule has 0 fully saturated rings. The fraction of sp³-hybridized carbons (Fsp3) is 0.357. The highest BCUT2D eigenvalue weighted by molar-refractivity contribution is 6.33. The van der Waals surface area contributed by atoms with Crippen LogP contribution in [0.5, 0.6) is 0 Å². The van der Waals surface area contributed by atoms with Crippen LogP contribution in [0.2, 0.25) is 5.02 Å². The van der Waals surface area contributed by atoms with Crippen molar-refractivity contribution < 1.29 is 0 Å². The lowest BCUT2D eigenvalue weighted by Crippen LogP contribution is -2.12. The first-order chi connectivity index (χ1) is 8.41. The summed E-state index contributed by atoms with van der Waals surface area (Å²) in [5.74, 6) is 0.529.